The van der Waals surface area contributed by atoms with Crippen LogP contribution in [0.15, 0.2) is 12.1 Å². The van der Waals surface area contributed by atoms with Crippen LogP contribution in [0.2, 0.25) is 0 Å². The van der Waals surface area contributed by atoms with Gasteiger partial charge in [-0.05, 0) is 58.2 Å². The maximum atomic E-state index is 12.4. The van der Waals surface area contributed by atoms with Gasteiger partial charge in [0.15, 0.2) is 0 Å². The van der Waals surface area contributed by atoms with Gasteiger partial charge in [0.1, 0.15) is 12.4 Å². The third-order valence-electron chi connectivity index (χ3n) is 4.98. The van der Waals surface area contributed by atoms with Crippen LogP contribution in [0.3, 0.4) is 0 Å². The molecule has 1 heterocycles. The van der Waals surface area contributed by atoms with Crippen molar-refractivity contribution in [3.05, 3.63) is 28.8 Å². The lowest BCUT2D eigenvalue weighted by molar-refractivity contribution is -0.132. The average Bonchev–Trinajstić information content (AvgIpc) is 2.51. The number of amides is 1. The predicted molar refractivity (Wildman–Crippen MR) is 106 cm³/mol. The molecule has 0 radical (unpaired) electrons. The Balaban J connectivity index is 0.00000312. The molecule has 4 nitrogen and oxygen atoms in total. The van der Waals surface area contributed by atoms with E-state index in [0.717, 1.165) is 23.4 Å². The van der Waals surface area contributed by atoms with E-state index in [2.05, 4.69) is 44.7 Å². The fourth-order valence-electron chi connectivity index (χ4n) is 3.49. The molecular formula is C20H33ClN2O2. The van der Waals surface area contributed by atoms with E-state index in [1.54, 1.807) is 4.90 Å². The molecule has 1 atom stereocenters. The van der Waals surface area contributed by atoms with Crippen molar-refractivity contribution >= 4 is 18.3 Å². The number of likely N-dealkylation sites (tertiary alicyclic amines) is 1. The lowest BCUT2D eigenvalue weighted by Gasteiger charge is -2.33. The first-order valence-electron chi connectivity index (χ1n) is 9.07. The van der Waals surface area contributed by atoms with Gasteiger partial charge in [0.25, 0.3) is 0 Å². The van der Waals surface area contributed by atoms with E-state index >= 15 is 0 Å². The standard InChI is InChI=1S/C20H32N2O2.ClH/c1-15-12-16(2)20(17(3)13-15)24-11-10-21(5)19(23)14-22-9-7-6-8-18(22)4;/h12-13,18H,6-11,14H2,1-5H3;1H. The van der Waals surface area contributed by atoms with Crippen molar-refractivity contribution < 1.29 is 9.53 Å². The van der Waals surface area contributed by atoms with E-state index in [4.69, 9.17) is 4.74 Å². The highest BCUT2D eigenvalue weighted by atomic mass is 35.5. The Bertz CT molecular complexity index is 554. The maximum Gasteiger partial charge on any atom is 0.236 e. The monoisotopic (exact) mass is 368 g/mol. The van der Waals surface area contributed by atoms with Gasteiger partial charge in [-0.1, -0.05) is 24.1 Å². The third kappa shape index (κ3) is 6.19. The van der Waals surface area contributed by atoms with Crippen LogP contribution in [0.1, 0.15) is 42.9 Å². The Hall–Kier alpha value is -1.26. The van der Waals surface area contributed by atoms with Crippen LogP contribution in [-0.2, 0) is 4.79 Å². The smallest absolute Gasteiger partial charge is 0.236 e. The minimum atomic E-state index is 0. The molecular weight excluding hydrogens is 336 g/mol. The minimum Gasteiger partial charge on any atom is -0.491 e. The molecule has 1 saturated heterocycles. The molecule has 0 bridgehead atoms. The first kappa shape index (κ1) is 21.8. The van der Waals surface area contributed by atoms with E-state index in [-0.39, 0.29) is 18.3 Å². The zero-order valence-corrected chi connectivity index (χ0v) is 17.1. The number of halogens is 1. The molecule has 142 valence electrons. The molecule has 1 aliphatic rings. The Morgan fingerprint density at radius 1 is 1.24 bits per heavy atom. The lowest BCUT2D eigenvalue weighted by Crippen LogP contribution is -2.45. The van der Waals surface area contributed by atoms with Gasteiger partial charge in [0.05, 0.1) is 13.1 Å². The van der Waals surface area contributed by atoms with E-state index in [1.165, 1.54) is 24.8 Å². The van der Waals surface area contributed by atoms with Gasteiger partial charge in [-0.15, -0.1) is 12.4 Å². The van der Waals surface area contributed by atoms with E-state index in [0.29, 0.717) is 25.7 Å². The SMILES string of the molecule is Cc1cc(C)c(OCCN(C)C(=O)CN2CCCCC2C)c(C)c1.Cl. The van der Waals surface area contributed by atoms with Crippen LogP contribution in [0.25, 0.3) is 0 Å². The Morgan fingerprint density at radius 2 is 1.88 bits per heavy atom. The topological polar surface area (TPSA) is 32.8 Å². The molecule has 5 heteroatoms. The Kier molecular flexibility index (Phi) is 8.74. The molecule has 0 aromatic heterocycles. The minimum absolute atomic E-state index is 0. The second kappa shape index (κ2) is 10.0. The summed E-state index contributed by atoms with van der Waals surface area (Å²) < 4.78 is 5.95. The molecule has 1 aliphatic heterocycles. The molecule has 0 saturated carbocycles. The van der Waals surface area contributed by atoms with E-state index < -0.39 is 0 Å². The summed E-state index contributed by atoms with van der Waals surface area (Å²) >= 11 is 0. The largest absolute Gasteiger partial charge is 0.491 e. The first-order valence-corrected chi connectivity index (χ1v) is 9.07. The van der Waals surface area contributed by atoms with Crippen LogP contribution in [-0.4, -0.2) is 55.0 Å². The number of hydrogen-bond acceptors (Lipinski definition) is 3. The molecule has 25 heavy (non-hydrogen) atoms. The van der Waals surface area contributed by atoms with Crippen LogP contribution >= 0.6 is 12.4 Å². The lowest BCUT2D eigenvalue weighted by atomic mass is 10.0. The number of piperidine rings is 1. The summed E-state index contributed by atoms with van der Waals surface area (Å²) in [5.74, 6) is 1.14. The average molecular weight is 369 g/mol. The summed E-state index contributed by atoms with van der Waals surface area (Å²) in [7, 11) is 1.87. The molecule has 0 aliphatic carbocycles. The number of likely N-dealkylation sites (N-methyl/N-ethyl adjacent to an activating group) is 1. The fourth-order valence-corrected chi connectivity index (χ4v) is 3.49. The highest BCUT2D eigenvalue weighted by Crippen LogP contribution is 2.24. The highest BCUT2D eigenvalue weighted by Gasteiger charge is 2.22. The summed E-state index contributed by atoms with van der Waals surface area (Å²) in [4.78, 5) is 16.5. The van der Waals surface area contributed by atoms with E-state index in [1.807, 2.05) is 7.05 Å². The van der Waals surface area contributed by atoms with Crippen molar-refractivity contribution in [3.63, 3.8) is 0 Å². The molecule has 1 aromatic carbocycles. The van der Waals surface area contributed by atoms with Crippen LogP contribution in [0.4, 0.5) is 0 Å². The Morgan fingerprint density at radius 3 is 2.48 bits per heavy atom. The molecule has 0 N–H and O–H groups in total. The molecule has 1 fully saturated rings. The van der Waals surface area contributed by atoms with Crippen molar-refractivity contribution in [1.29, 1.82) is 0 Å². The van der Waals surface area contributed by atoms with Crippen molar-refractivity contribution in [2.24, 2.45) is 0 Å². The fraction of sp³-hybridized carbons (Fsp3) is 0.650. The molecule has 2 rings (SSSR count). The van der Waals surface area contributed by atoms with Gasteiger partial charge in [0, 0.05) is 13.1 Å². The van der Waals surface area contributed by atoms with Gasteiger partial charge in [0.2, 0.25) is 5.91 Å². The summed E-state index contributed by atoms with van der Waals surface area (Å²) in [5.41, 5.74) is 3.56. The van der Waals surface area contributed by atoms with Gasteiger partial charge in [-0.2, -0.15) is 0 Å². The Labute approximate surface area is 158 Å². The summed E-state index contributed by atoms with van der Waals surface area (Å²) in [6, 6.07) is 4.79. The number of hydrogen-bond donors (Lipinski definition) is 0. The second-order valence-electron chi connectivity index (χ2n) is 7.21. The van der Waals surface area contributed by atoms with Crippen molar-refractivity contribution in [1.82, 2.24) is 9.80 Å². The summed E-state index contributed by atoms with van der Waals surface area (Å²) in [6.45, 7) is 11.2. The highest BCUT2D eigenvalue weighted by molar-refractivity contribution is 5.85. The van der Waals surface area contributed by atoms with Gasteiger partial charge in [-0.3, -0.25) is 9.69 Å². The third-order valence-corrected chi connectivity index (χ3v) is 4.98. The summed E-state index contributed by atoms with van der Waals surface area (Å²) in [6.07, 6.45) is 3.69. The van der Waals surface area contributed by atoms with Crippen molar-refractivity contribution in [2.45, 2.75) is 53.0 Å². The number of nitrogens with zero attached hydrogens (tertiary/aromatic N) is 2. The molecule has 0 spiro atoms. The predicted octanol–water partition coefficient (Wildman–Crippen LogP) is 3.75. The van der Waals surface area contributed by atoms with Crippen molar-refractivity contribution in [2.75, 3.05) is 33.3 Å². The first-order chi connectivity index (χ1) is 11.4. The summed E-state index contributed by atoms with van der Waals surface area (Å²) in [5, 5.41) is 0. The number of aryl methyl sites for hydroxylation is 3. The zero-order chi connectivity index (χ0) is 17.7. The van der Waals surface area contributed by atoms with Gasteiger partial charge in [-0.25, -0.2) is 0 Å². The molecule has 1 unspecified atom stereocenters. The maximum absolute atomic E-state index is 12.4. The molecule has 1 amide bonds. The van der Waals surface area contributed by atoms with Gasteiger partial charge >= 0.3 is 0 Å². The van der Waals surface area contributed by atoms with Crippen LogP contribution in [0.5, 0.6) is 5.75 Å². The van der Waals surface area contributed by atoms with E-state index in [9.17, 15) is 4.79 Å². The van der Waals surface area contributed by atoms with Crippen LogP contribution in [0, 0.1) is 20.8 Å². The van der Waals surface area contributed by atoms with Crippen molar-refractivity contribution in [3.8, 4) is 5.75 Å². The quantitative estimate of drug-likeness (QED) is 0.766. The molecule has 1 aromatic rings. The number of carbonyl (C=O) groups excluding carboxylic acids is 1. The normalized spacial score (nSPS) is 17.7. The zero-order valence-electron chi connectivity index (χ0n) is 16.3. The van der Waals surface area contributed by atoms with Gasteiger partial charge < -0.3 is 9.64 Å². The number of rotatable bonds is 6. The number of ether oxygens (including phenoxy) is 1. The van der Waals surface area contributed by atoms with Crippen LogP contribution < -0.4 is 4.74 Å². The number of benzene rings is 1. The second-order valence-corrected chi connectivity index (χ2v) is 7.21. The number of carbonyl (C=O) groups is 1.